The van der Waals surface area contributed by atoms with Crippen LogP contribution in [-0.4, -0.2) is 6.54 Å². The van der Waals surface area contributed by atoms with Gasteiger partial charge in [0.15, 0.2) is 0 Å². The second-order valence-corrected chi connectivity index (χ2v) is 8.38. The van der Waals surface area contributed by atoms with E-state index in [2.05, 4.69) is 50.2 Å². The molecule has 0 fully saturated rings. The third-order valence-electron chi connectivity index (χ3n) is 3.34. The summed E-state index contributed by atoms with van der Waals surface area (Å²) in [7, 11) is 0. The molecule has 2 rings (SSSR count). The minimum atomic E-state index is -0.110. The van der Waals surface area contributed by atoms with E-state index in [0.29, 0.717) is 11.1 Å². The van der Waals surface area contributed by atoms with Crippen molar-refractivity contribution in [3.05, 3.63) is 53.8 Å². The van der Waals surface area contributed by atoms with Crippen LogP contribution in [0.2, 0.25) is 0 Å². The van der Waals surface area contributed by atoms with Crippen molar-refractivity contribution in [1.29, 1.82) is 0 Å². The number of rotatable bonds is 5. The monoisotopic (exact) mass is 433 g/mol. The van der Waals surface area contributed by atoms with Gasteiger partial charge in [0, 0.05) is 9.35 Å². The summed E-state index contributed by atoms with van der Waals surface area (Å²) in [5.74, 6) is -0.110. The third-order valence-corrected chi connectivity index (χ3v) is 6.66. The van der Waals surface area contributed by atoms with Crippen LogP contribution in [0.4, 0.5) is 4.39 Å². The quantitative estimate of drug-likeness (QED) is 0.597. The SMILES string of the molecule is CCCNC(c1cc(C)c(F)c(C)c1)c1cc(Br)c(Br)s1. The Hall–Kier alpha value is -0.230. The fraction of sp³-hybridized carbons (Fsp3) is 0.375. The van der Waals surface area contributed by atoms with Crippen molar-refractivity contribution in [1.82, 2.24) is 5.32 Å². The molecule has 0 aliphatic rings. The molecule has 21 heavy (non-hydrogen) atoms. The lowest BCUT2D eigenvalue weighted by atomic mass is 9.99. The number of aryl methyl sites for hydroxylation is 2. The molecule has 1 heterocycles. The molecule has 1 unspecified atom stereocenters. The molecule has 0 bridgehead atoms. The molecule has 5 heteroatoms. The van der Waals surface area contributed by atoms with Crippen molar-refractivity contribution in [3.63, 3.8) is 0 Å². The Morgan fingerprint density at radius 3 is 2.29 bits per heavy atom. The van der Waals surface area contributed by atoms with Crippen LogP contribution in [0.3, 0.4) is 0 Å². The van der Waals surface area contributed by atoms with Gasteiger partial charge in [0.2, 0.25) is 0 Å². The van der Waals surface area contributed by atoms with E-state index in [1.165, 1.54) is 4.88 Å². The smallest absolute Gasteiger partial charge is 0.129 e. The molecule has 1 N–H and O–H groups in total. The van der Waals surface area contributed by atoms with Crippen molar-refractivity contribution in [2.24, 2.45) is 0 Å². The summed E-state index contributed by atoms with van der Waals surface area (Å²) in [4.78, 5) is 1.22. The van der Waals surface area contributed by atoms with Gasteiger partial charge in [0.25, 0.3) is 0 Å². The molecule has 0 amide bonds. The molecule has 1 nitrogen and oxygen atoms in total. The van der Waals surface area contributed by atoms with Crippen LogP contribution in [-0.2, 0) is 0 Å². The molecule has 0 saturated heterocycles. The van der Waals surface area contributed by atoms with Gasteiger partial charge in [-0.05, 0) is 81.4 Å². The Bertz CT molecular complexity index is 597. The first kappa shape index (κ1) is 17.1. The average Bonchev–Trinajstić information content (AvgIpc) is 2.76. The van der Waals surface area contributed by atoms with E-state index in [1.807, 2.05) is 26.0 Å². The predicted octanol–water partition coefficient (Wildman–Crippen LogP) is 6.12. The summed E-state index contributed by atoms with van der Waals surface area (Å²) in [6.45, 7) is 6.71. The average molecular weight is 435 g/mol. The first-order valence-electron chi connectivity index (χ1n) is 6.88. The fourth-order valence-corrected chi connectivity index (χ4v) is 4.52. The Balaban J connectivity index is 2.45. The molecule has 0 spiro atoms. The van der Waals surface area contributed by atoms with E-state index in [4.69, 9.17) is 0 Å². The van der Waals surface area contributed by atoms with E-state index in [0.717, 1.165) is 26.8 Å². The first-order chi connectivity index (χ1) is 9.93. The van der Waals surface area contributed by atoms with E-state index in [-0.39, 0.29) is 11.9 Å². The summed E-state index contributed by atoms with van der Waals surface area (Å²) in [6, 6.07) is 6.10. The molecule has 2 aromatic rings. The lowest BCUT2D eigenvalue weighted by Gasteiger charge is -2.19. The van der Waals surface area contributed by atoms with Crippen LogP contribution in [0.1, 0.15) is 41.0 Å². The van der Waals surface area contributed by atoms with E-state index in [9.17, 15) is 4.39 Å². The summed E-state index contributed by atoms with van der Waals surface area (Å²) in [6.07, 6.45) is 1.06. The molecule has 0 aliphatic heterocycles. The van der Waals surface area contributed by atoms with E-state index in [1.54, 1.807) is 11.3 Å². The highest BCUT2D eigenvalue weighted by Crippen LogP contribution is 2.38. The largest absolute Gasteiger partial charge is 0.306 e. The van der Waals surface area contributed by atoms with Crippen molar-refractivity contribution in [2.75, 3.05) is 6.54 Å². The molecule has 1 aromatic carbocycles. The molecule has 0 radical (unpaired) electrons. The number of halogens is 3. The van der Waals surface area contributed by atoms with Crippen molar-refractivity contribution in [3.8, 4) is 0 Å². The van der Waals surface area contributed by atoms with Gasteiger partial charge in [0.1, 0.15) is 5.82 Å². The predicted molar refractivity (Wildman–Crippen MR) is 95.7 cm³/mol. The lowest BCUT2D eigenvalue weighted by molar-refractivity contribution is 0.590. The minimum Gasteiger partial charge on any atom is -0.306 e. The zero-order valence-electron chi connectivity index (χ0n) is 12.3. The molecular formula is C16H18Br2FNS. The molecule has 1 atom stereocenters. The topological polar surface area (TPSA) is 12.0 Å². The van der Waals surface area contributed by atoms with Crippen molar-refractivity contribution in [2.45, 2.75) is 33.2 Å². The second-order valence-electron chi connectivity index (χ2n) is 5.13. The van der Waals surface area contributed by atoms with Crippen molar-refractivity contribution < 1.29 is 4.39 Å². The standard InChI is InChI=1S/C16H18Br2FNS/c1-4-5-20-15(13-8-12(17)16(18)21-13)11-6-9(2)14(19)10(3)7-11/h6-8,15,20H,4-5H2,1-3H3. The minimum absolute atomic E-state index is 0.0931. The Kier molecular flexibility index (Phi) is 6.00. The zero-order chi connectivity index (χ0) is 15.6. The highest BCUT2D eigenvalue weighted by atomic mass is 79.9. The van der Waals surface area contributed by atoms with Crippen LogP contribution < -0.4 is 5.32 Å². The van der Waals surface area contributed by atoms with Crippen LogP contribution in [0.5, 0.6) is 0 Å². The Morgan fingerprint density at radius 1 is 1.19 bits per heavy atom. The third kappa shape index (κ3) is 3.95. The van der Waals surface area contributed by atoms with E-state index >= 15 is 0 Å². The van der Waals surface area contributed by atoms with Crippen LogP contribution in [0.15, 0.2) is 26.5 Å². The summed E-state index contributed by atoms with van der Waals surface area (Å²) in [5, 5.41) is 3.56. The van der Waals surface area contributed by atoms with Crippen LogP contribution >= 0.6 is 43.2 Å². The summed E-state index contributed by atoms with van der Waals surface area (Å²) < 4.78 is 16.0. The molecule has 114 valence electrons. The van der Waals surface area contributed by atoms with Gasteiger partial charge in [-0.3, -0.25) is 0 Å². The van der Waals surface area contributed by atoms with Gasteiger partial charge in [-0.25, -0.2) is 4.39 Å². The second kappa shape index (κ2) is 7.36. The first-order valence-corrected chi connectivity index (χ1v) is 9.29. The zero-order valence-corrected chi connectivity index (χ0v) is 16.3. The highest BCUT2D eigenvalue weighted by molar-refractivity contribution is 9.13. The number of nitrogens with one attached hydrogen (secondary N) is 1. The highest BCUT2D eigenvalue weighted by Gasteiger charge is 2.19. The van der Waals surface area contributed by atoms with Gasteiger partial charge >= 0.3 is 0 Å². The fourth-order valence-electron chi connectivity index (χ4n) is 2.32. The van der Waals surface area contributed by atoms with Gasteiger partial charge < -0.3 is 5.32 Å². The number of benzene rings is 1. The van der Waals surface area contributed by atoms with Crippen LogP contribution in [0.25, 0.3) is 0 Å². The van der Waals surface area contributed by atoms with E-state index < -0.39 is 0 Å². The maximum absolute atomic E-state index is 13.9. The summed E-state index contributed by atoms with van der Waals surface area (Å²) in [5.41, 5.74) is 2.51. The molecule has 0 saturated carbocycles. The number of thiophene rings is 1. The van der Waals surface area contributed by atoms with Crippen molar-refractivity contribution >= 4 is 43.2 Å². The Labute approximate surface area is 146 Å². The van der Waals surface area contributed by atoms with Crippen LogP contribution in [0, 0.1) is 19.7 Å². The number of hydrogen-bond acceptors (Lipinski definition) is 2. The lowest BCUT2D eigenvalue weighted by Crippen LogP contribution is -2.22. The van der Waals surface area contributed by atoms with Gasteiger partial charge in [-0.1, -0.05) is 19.1 Å². The van der Waals surface area contributed by atoms with Gasteiger partial charge in [0.05, 0.1) is 9.83 Å². The van der Waals surface area contributed by atoms with Gasteiger partial charge in [-0.15, -0.1) is 11.3 Å². The maximum atomic E-state index is 13.9. The van der Waals surface area contributed by atoms with Gasteiger partial charge in [-0.2, -0.15) is 0 Å². The maximum Gasteiger partial charge on any atom is 0.129 e. The molecule has 0 aliphatic carbocycles. The molecule has 1 aromatic heterocycles. The Morgan fingerprint density at radius 2 is 1.81 bits per heavy atom. The molecular weight excluding hydrogens is 417 g/mol. The number of hydrogen-bond donors (Lipinski definition) is 1. The normalized spacial score (nSPS) is 12.7. The summed E-state index contributed by atoms with van der Waals surface area (Å²) >= 11 is 8.79.